The number of nitrogens with one attached hydrogen (secondary N) is 1. The summed E-state index contributed by atoms with van der Waals surface area (Å²) in [4.78, 5) is 31.0. The lowest BCUT2D eigenvalue weighted by Gasteiger charge is -2.32. The van der Waals surface area contributed by atoms with Crippen molar-refractivity contribution >= 4 is 11.9 Å². The van der Waals surface area contributed by atoms with E-state index >= 15 is 0 Å². The highest BCUT2D eigenvalue weighted by atomic mass is 16.2. The summed E-state index contributed by atoms with van der Waals surface area (Å²) in [5.41, 5.74) is 1.14. The van der Waals surface area contributed by atoms with E-state index in [4.69, 9.17) is 0 Å². The van der Waals surface area contributed by atoms with Crippen LogP contribution in [0.4, 0.5) is 5.95 Å². The van der Waals surface area contributed by atoms with Crippen LogP contribution in [0.25, 0.3) is 0 Å². The van der Waals surface area contributed by atoms with Gasteiger partial charge in [0.15, 0.2) is 0 Å². The van der Waals surface area contributed by atoms with Crippen molar-refractivity contribution in [3.05, 3.63) is 42.2 Å². The summed E-state index contributed by atoms with van der Waals surface area (Å²) in [6.45, 7) is 3.45. The second kappa shape index (κ2) is 6.46. The Bertz CT molecular complexity index is 630. The summed E-state index contributed by atoms with van der Waals surface area (Å²) >= 11 is 0. The molecule has 1 atom stereocenters. The molecule has 7 nitrogen and oxygen atoms in total. The molecule has 1 aliphatic heterocycles. The Morgan fingerprint density at radius 1 is 1.23 bits per heavy atom. The fourth-order valence-corrected chi connectivity index (χ4v) is 2.50. The molecule has 2 aromatic heterocycles. The maximum absolute atomic E-state index is 12.2. The number of hydrogen-bond donors (Lipinski definition) is 1. The van der Waals surface area contributed by atoms with E-state index in [-0.39, 0.29) is 11.9 Å². The minimum Gasteiger partial charge on any atom is -0.346 e. The van der Waals surface area contributed by atoms with Gasteiger partial charge in [0.2, 0.25) is 5.95 Å². The molecule has 7 heteroatoms. The van der Waals surface area contributed by atoms with E-state index in [1.165, 1.54) is 6.20 Å². The molecule has 0 saturated carbocycles. The van der Waals surface area contributed by atoms with Crippen molar-refractivity contribution in [3.8, 4) is 0 Å². The van der Waals surface area contributed by atoms with Crippen LogP contribution in [0.1, 0.15) is 29.0 Å². The van der Waals surface area contributed by atoms with E-state index < -0.39 is 0 Å². The lowest BCUT2D eigenvalue weighted by molar-refractivity contribution is 0.0927. The Labute approximate surface area is 128 Å². The zero-order valence-corrected chi connectivity index (χ0v) is 12.4. The standard InChI is InChI=1S/C15H18N6O/c1-11-8-19-13(9-18-11)14(22)20-12-4-2-7-21(10-12)15-16-5-3-6-17-15/h3,5-6,8-9,12H,2,4,7,10H2,1H3,(H,20,22)/t12-/m0/s1. The van der Waals surface area contributed by atoms with Crippen LogP contribution in [0.15, 0.2) is 30.9 Å². The average molecular weight is 298 g/mol. The van der Waals surface area contributed by atoms with Crippen LogP contribution in [0, 0.1) is 6.92 Å². The SMILES string of the molecule is Cc1cnc(C(=O)N[C@H]2CCCN(c3ncccn3)C2)cn1. The van der Waals surface area contributed by atoms with Crippen molar-refractivity contribution in [3.63, 3.8) is 0 Å². The van der Waals surface area contributed by atoms with Crippen molar-refractivity contribution in [2.45, 2.75) is 25.8 Å². The van der Waals surface area contributed by atoms with Crippen LogP contribution >= 0.6 is 0 Å². The number of hydrogen-bond acceptors (Lipinski definition) is 6. The molecular weight excluding hydrogens is 280 g/mol. The van der Waals surface area contributed by atoms with Gasteiger partial charge in [-0.1, -0.05) is 0 Å². The predicted molar refractivity (Wildman–Crippen MR) is 81.5 cm³/mol. The zero-order valence-electron chi connectivity index (χ0n) is 12.4. The van der Waals surface area contributed by atoms with Crippen LogP contribution in [-0.2, 0) is 0 Å². The van der Waals surface area contributed by atoms with E-state index in [9.17, 15) is 4.79 Å². The Hall–Kier alpha value is -2.57. The van der Waals surface area contributed by atoms with Gasteiger partial charge in [0.1, 0.15) is 5.69 Å². The topological polar surface area (TPSA) is 83.9 Å². The van der Waals surface area contributed by atoms with Gasteiger partial charge in [0.05, 0.1) is 11.9 Å². The maximum Gasteiger partial charge on any atom is 0.271 e. The predicted octanol–water partition coefficient (Wildman–Crippen LogP) is 0.974. The van der Waals surface area contributed by atoms with Gasteiger partial charge < -0.3 is 10.2 Å². The van der Waals surface area contributed by atoms with Crippen molar-refractivity contribution in [2.24, 2.45) is 0 Å². The molecule has 0 radical (unpaired) electrons. The fraction of sp³-hybridized carbons (Fsp3) is 0.400. The quantitative estimate of drug-likeness (QED) is 0.909. The van der Waals surface area contributed by atoms with Crippen LogP contribution in [0.5, 0.6) is 0 Å². The first kappa shape index (κ1) is 14.4. The molecule has 0 unspecified atom stereocenters. The van der Waals surface area contributed by atoms with Crippen LogP contribution < -0.4 is 10.2 Å². The number of aryl methyl sites for hydroxylation is 1. The Kier molecular flexibility index (Phi) is 4.22. The lowest BCUT2D eigenvalue weighted by atomic mass is 10.1. The molecule has 0 aliphatic carbocycles. The minimum atomic E-state index is -0.187. The molecule has 0 spiro atoms. The molecular formula is C15H18N6O. The Morgan fingerprint density at radius 3 is 2.77 bits per heavy atom. The molecule has 1 N–H and O–H groups in total. The fourth-order valence-electron chi connectivity index (χ4n) is 2.50. The monoisotopic (exact) mass is 298 g/mol. The normalized spacial score (nSPS) is 18.0. The Balaban J connectivity index is 1.63. The van der Waals surface area contributed by atoms with Gasteiger partial charge in [-0.05, 0) is 25.8 Å². The van der Waals surface area contributed by atoms with E-state index in [2.05, 4.69) is 30.2 Å². The molecule has 0 bridgehead atoms. The highest BCUT2D eigenvalue weighted by Crippen LogP contribution is 2.15. The first-order chi connectivity index (χ1) is 10.7. The van der Waals surface area contributed by atoms with Gasteiger partial charge in [-0.3, -0.25) is 9.78 Å². The van der Waals surface area contributed by atoms with Crippen molar-refractivity contribution < 1.29 is 4.79 Å². The zero-order chi connectivity index (χ0) is 15.4. The second-order valence-corrected chi connectivity index (χ2v) is 5.35. The van der Waals surface area contributed by atoms with Gasteiger partial charge in [-0.25, -0.2) is 15.0 Å². The number of nitrogens with zero attached hydrogens (tertiary/aromatic N) is 5. The van der Waals surface area contributed by atoms with Crippen molar-refractivity contribution in [2.75, 3.05) is 18.0 Å². The second-order valence-electron chi connectivity index (χ2n) is 5.35. The highest BCUT2D eigenvalue weighted by Gasteiger charge is 2.23. The number of carbonyl (C=O) groups is 1. The molecule has 3 rings (SSSR count). The molecule has 1 saturated heterocycles. The van der Waals surface area contributed by atoms with E-state index in [1.54, 1.807) is 24.7 Å². The van der Waals surface area contributed by atoms with Gasteiger partial charge in [0.25, 0.3) is 5.91 Å². The van der Waals surface area contributed by atoms with E-state index in [0.29, 0.717) is 18.2 Å². The number of amides is 1. The van der Waals surface area contributed by atoms with Crippen LogP contribution in [-0.4, -0.2) is 45.0 Å². The third-order valence-electron chi connectivity index (χ3n) is 3.61. The Morgan fingerprint density at radius 2 is 2.05 bits per heavy atom. The smallest absolute Gasteiger partial charge is 0.271 e. The molecule has 2 aromatic rings. The first-order valence-electron chi connectivity index (χ1n) is 7.34. The first-order valence-corrected chi connectivity index (χ1v) is 7.34. The van der Waals surface area contributed by atoms with Crippen LogP contribution in [0.3, 0.4) is 0 Å². The van der Waals surface area contributed by atoms with E-state index in [1.807, 2.05) is 6.92 Å². The summed E-state index contributed by atoms with van der Waals surface area (Å²) in [6.07, 6.45) is 8.49. The lowest BCUT2D eigenvalue weighted by Crippen LogP contribution is -2.48. The summed E-state index contributed by atoms with van der Waals surface area (Å²) in [7, 11) is 0. The summed E-state index contributed by atoms with van der Waals surface area (Å²) in [6, 6.07) is 1.86. The molecule has 1 aliphatic rings. The summed E-state index contributed by atoms with van der Waals surface area (Å²) < 4.78 is 0. The highest BCUT2D eigenvalue weighted by molar-refractivity contribution is 5.92. The van der Waals surface area contributed by atoms with Gasteiger partial charge in [-0.2, -0.15) is 0 Å². The molecule has 22 heavy (non-hydrogen) atoms. The maximum atomic E-state index is 12.2. The number of anilines is 1. The third-order valence-corrected chi connectivity index (χ3v) is 3.61. The van der Waals surface area contributed by atoms with Crippen molar-refractivity contribution in [1.29, 1.82) is 0 Å². The summed E-state index contributed by atoms with van der Waals surface area (Å²) in [5, 5.41) is 3.02. The van der Waals surface area contributed by atoms with Gasteiger partial charge >= 0.3 is 0 Å². The molecule has 3 heterocycles. The van der Waals surface area contributed by atoms with Gasteiger partial charge in [-0.15, -0.1) is 0 Å². The molecule has 1 fully saturated rings. The minimum absolute atomic E-state index is 0.0631. The molecule has 114 valence electrons. The van der Waals surface area contributed by atoms with E-state index in [0.717, 1.165) is 25.1 Å². The van der Waals surface area contributed by atoms with Gasteiger partial charge in [0, 0.05) is 37.7 Å². The summed E-state index contributed by atoms with van der Waals surface area (Å²) in [5.74, 6) is 0.518. The van der Waals surface area contributed by atoms with Crippen LogP contribution in [0.2, 0.25) is 0 Å². The number of carbonyl (C=O) groups excluding carboxylic acids is 1. The largest absolute Gasteiger partial charge is 0.346 e. The molecule has 1 amide bonds. The average Bonchev–Trinajstić information content (AvgIpc) is 2.56. The van der Waals surface area contributed by atoms with Crippen molar-refractivity contribution in [1.82, 2.24) is 25.3 Å². The number of piperidine rings is 1. The number of rotatable bonds is 3. The molecule has 0 aromatic carbocycles. The third kappa shape index (κ3) is 3.36. The number of aromatic nitrogens is 4.